The third-order valence-electron chi connectivity index (χ3n) is 3.04. The van der Waals surface area contributed by atoms with Crippen LogP contribution in [0.4, 0.5) is 0 Å². The van der Waals surface area contributed by atoms with E-state index in [1.807, 2.05) is 0 Å². The predicted octanol–water partition coefficient (Wildman–Crippen LogP) is 3.17. The summed E-state index contributed by atoms with van der Waals surface area (Å²) < 4.78 is 29.8. The maximum absolute atomic E-state index is 6.16. The van der Waals surface area contributed by atoms with Crippen molar-refractivity contribution in [2.45, 2.75) is 71.3 Å². The molecule has 2 rings (SSSR count). The zero-order valence-electron chi connectivity index (χ0n) is 15.6. The van der Waals surface area contributed by atoms with Crippen molar-refractivity contribution < 1.29 is 20.9 Å². The van der Waals surface area contributed by atoms with Gasteiger partial charge in [-0.05, 0) is 64.8 Å². The first-order valence-corrected chi connectivity index (χ1v) is 21.1. The molecule has 0 aromatic rings. The van der Waals surface area contributed by atoms with Crippen molar-refractivity contribution in [2.75, 3.05) is 6.61 Å². The highest BCUT2D eigenvalue weighted by Crippen LogP contribution is 2.30. The van der Waals surface area contributed by atoms with Crippen molar-refractivity contribution in [1.82, 2.24) is 0 Å². The molecule has 0 aromatic heterocycles. The van der Waals surface area contributed by atoms with Gasteiger partial charge >= 0.3 is 34.2 Å². The van der Waals surface area contributed by atoms with Gasteiger partial charge in [-0.1, -0.05) is 6.42 Å². The number of hydrogen-bond acceptors (Lipinski definition) is 5. The molecule has 2 aliphatic heterocycles. The fourth-order valence-electron chi connectivity index (χ4n) is 3.14. The maximum Gasteiger partial charge on any atom is 0.314 e. The Hall–Kier alpha value is 0.884. The van der Waals surface area contributed by atoms with Crippen LogP contribution >= 0.6 is 0 Å². The third kappa shape index (κ3) is 8.66. The highest BCUT2D eigenvalue weighted by atomic mass is 28.5. The Morgan fingerprint density at radius 2 is 0.955 bits per heavy atom. The van der Waals surface area contributed by atoms with E-state index >= 15 is 0 Å². The van der Waals surface area contributed by atoms with Crippen LogP contribution in [-0.2, 0) is 20.9 Å². The van der Waals surface area contributed by atoms with E-state index in [4.69, 9.17) is 20.9 Å². The van der Waals surface area contributed by atoms with E-state index in [1.54, 1.807) is 0 Å². The topological polar surface area (TPSA) is 46.2 Å². The molecule has 5 nitrogen and oxygen atoms in total. The Labute approximate surface area is 143 Å². The van der Waals surface area contributed by atoms with Crippen LogP contribution in [0.3, 0.4) is 0 Å². The first-order valence-electron chi connectivity index (χ1n) is 8.21. The summed E-state index contributed by atoms with van der Waals surface area (Å²) in [6.07, 6.45) is 2.75. The fourth-order valence-corrected chi connectivity index (χ4v) is 25.4. The Kier molecular flexibility index (Phi) is 7.46. The molecule has 10 heteroatoms. The third-order valence-corrected chi connectivity index (χ3v) is 20.1. The molecule has 132 valence electrons. The van der Waals surface area contributed by atoms with E-state index in [0.29, 0.717) is 0 Å². The first-order chi connectivity index (χ1) is 9.83. The Morgan fingerprint density at radius 3 is 1.09 bits per heavy atom. The van der Waals surface area contributed by atoms with Crippen LogP contribution in [0.1, 0.15) is 12.8 Å². The van der Waals surface area contributed by atoms with Gasteiger partial charge in [-0.3, -0.25) is 0 Å². The fraction of sp³-hybridized carbons (Fsp3) is 1.00. The summed E-state index contributed by atoms with van der Waals surface area (Å²) in [5, 5.41) is 0. The van der Waals surface area contributed by atoms with Gasteiger partial charge in [0.1, 0.15) is 0 Å². The summed E-state index contributed by atoms with van der Waals surface area (Å²) in [6.45, 7) is 17.6. The van der Waals surface area contributed by atoms with Crippen LogP contribution < -0.4 is 0 Å². The van der Waals surface area contributed by atoms with Gasteiger partial charge < -0.3 is 20.9 Å². The van der Waals surface area contributed by atoms with E-state index in [1.165, 1.54) is 18.9 Å². The molecule has 2 aliphatic rings. The van der Waals surface area contributed by atoms with Crippen LogP contribution in [-0.4, -0.2) is 50.6 Å². The molecule has 2 saturated heterocycles. The molecule has 0 N–H and O–H groups in total. The summed E-state index contributed by atoms with van der Waals surface area (Å²) >= 11 is 0. The van der Waals surface area contributed by atoms with E-state index in [9.17, 15) is 0 Å². The lowest BCUT2D eigenvalue weighted by Gasteiger charge is -2.46. The minimum Gasteiger partial charge on any atom is -0.424 e. The molecule has 0 unspecified atom stereocenters. The molecule has 0 aliphatic carbocycles. The van der Waals surface area contributed by atoms with Gasteiger partial charge in [0.25, 0.3) is 0 Å². The SMILES string of the molecule is C1CC[SiH2]OC1.C[Si]1(C)O[Si](C)(C)O[Si](C)(C)O[Si](C)(C)O1. The van der Waals surface area contributed by atoms with Crippen molar-refractivity contribution in [1.29, 1.82) is 0 Å². The summed E-state index contributed by atoms with van der Waals surface area (Å²) in [5.41, 5.74) is 0. The van der Waals surface area contributed by atoms with E-state index in [2.05, 4.69) is 52.4 Å². The average molecular weight is 399 g/mol. The minimum atomic E-state index is -2.11. The van der Waals surface area contributed by atoms with Gasteiger partial charge in [0.15, 0.2) is 9.76 Å². The predicted molar refractivity (Wildman–Crippen MR) is 103 cm³/mol. The van der Waals surface area contributed by atoms with E-state index in [0.717, 1.165) is 6.61 Å². The summed E-state index contributed by atoms with van der Waals surface area (Å²) in [4.78, 5) is 0. The van der Waals surface area contributed by atoms with Crippen molar-refractivity contribution in [3.8, 4) is 0 Å². The molecule has 0 spiro atoms. The Bertz CT molecular complexity index is 274. The largest absolute Gasteiger partial charge is 0.424 e. The molecule has 0 amide bonds. The van der Waals surface area contributed by atoms with Gasteiger partial charge in [0, 0.05) is 6.61 Å². The van der Waals surface area contributed by atoms with Crippen LogP contribution in [0.5, 0.6) is 0 Å². The van der Waals surface area contributed by atoms with Crippen molar-refractivity contribution in [2.24, 2.45) is 0 Å². The maximum atomic E-state index is 6.16. The smallest absolute Gasteiger partial charge is 0.314 e. The molecule has 0 saturated carbocycles. The summed E-state index contributed by atoms with van der Waals surface area (Å²) in [5.74, 6) is 0. The van der Waals surface area contributed by atoms with Crippen molar-refractivity contribution in [3.63, 3.8) is 0 Å². The van der Waals surface area contributed by atoms with Crippen molar-refractivity contribution >= 4 is 44.0 Å². The average Bonchev–Trinajstić information content (AvgIpc) is 2.23. The molecular weight excluding hydrogens is 365 g/mol. The highest BCUT2D eigenvalue weighted by Gasteiger charge is 2.50. The molecule has 22 heavy (non-hydrogen) atoms. The second kappa shape index (κ2) is 7.84. The molecule has 0 aromatic carbocycles. The first kappa shape index (κ1) is 20.9. The quantitative estimate of drug-likeness (QED) is 0.586. The second-order valence-corrected chi connectivity index (χ2v) is 23.7. The van der Waals surface area contributed by atoms with Gasteiger partial charge in [0.2, 0.25) is 0 Å². The molecule has 0 bridgehead atoms. The zero-order valence-corrected chi connectivity index (χ0v) is 21.0. The van der Waals surface area contributed by atoms with Crippen LogP contribution in [0.2, 0.25) is 58.4 Å². The lowest BCUT2D eigenvalue weighted by atomic mass is 10.4. The van der Waals surface area contributed by atoms with Gasteiger partial charge in [0.05, 0.1) is 0 Å². The summed E-state index contributed by atoms with van der Waals surface area (Å²) in [7, 11) is -8.43. The number of rotatable bonds is 0. The molecule has 0 radical (unpaired) electrons. The summed E-state index contributed by atoms with van der Waals surface area (Å²) in [6, 6.07) is 1.42. The monoisotopic (exact) mass is 398 g/mol. The molecule has 2 fully saturated rings. The highest BCUT2D eigenvalue weighted by molar-refractivity contribution is 6.92. The lowest BCUT2D eigenvalue weighted by Crippen LogP contribution is -2.64. The van der Waals surface area contributed by atoms with Gasteiger partial charge in [-0.25, -0.2) is 0 Å². The van der Waals surface area contributed by atoms with Crippen molar-refractivity contribution in [3.05, 3.63) is 0 Å². The van der Waals surface area contributed by atoms with E-state index < -0.39 is 34.2 Å². The normalized spacial score (nSPS) is 30.5. The minimum absolute atomic E-state index is 0.00849. The lowest BCUT2D eigenvalue weighted by molar-refractivity contribution is 0.238. The molecule has 2 heterocycles. The Balaban J connectivity index is 0.000000335. The van der Waals surface area contributed by atoms with E-state index in [-0.39, 0.29) is 9.76 Å². The van der Waals surface area contributed by atoms with Crippen LogP contribution in [0.25, 0.3) is 0 Å². The number of hydrogen-bond donors (Lipinski definition) is 0. The second-order valence-electron chi connectivity index (χ2n) is 7.68. The van der Waals surface area contributed by atoms with Gasteiger partial charge in [-0.2, -0.15) is 0 Å². The van der Waals surface area contributed by atoms with Crippen LogP contribution in [0.15, 0.2) is 0 Å². The van der Waals surface area contributed by atoms with Crippen LogP contribution in [0, 0.1) is 0 Å². The zero-order chi connectivity index (χ0) is 17.1. The molecular formula is C12H34O5Si5. The standard InChI is InChI=1S/C8H24O4Si4.C4H10OSi/c1-13(2)9-14(3,4)11-16(7,8)12-15(5,6)10-13;1-2-4-6-5-3-1/h1-8H3;1-4,6H2. The molecule has 0 atom stereocenters. The Morgan fingerprint density at radius 1 is 0.591 bits per heavy atom. The van der Waals surface area contributed by atoms with Gasteiger partial charge in [-0.15, -0.1) is 0 Å².